The molecule has 1 aromatic carbocycles. The molecular weight excluding hydrogens is 266 g/mol. The molecule has 1 heterocycles. The number of sulfone groups is 1. The largest absolute Gasteiger partial charge is 0.323 e. The predicted molar refractivity (Wildman–Crippen MR) is 75.0 cm³/mol. The van der Waals surface area contributed by atoms with E-state index in [1.807, 2.05) is 6.07 Å². The molecule has 0 aliphatic rings. The maximum absolute atomic E-state index is 11.7. The number of aromatic nitrogens is 2. The maximum atomic E-state index is 11.7. The zero-order valence-electron chi connectivity index (χ0n) is 11.0. The SMILES string of the molecule is CNC(c1ccc2[nH]c(=O)[nH]c2c1)C(C)S(C)(=O)=O. The summed E-state index contributed by atoms with van der Waals surface area (Å²) in [5, 5.41) is 2.46. The van der Waals surface area contributed by atoms with E-state index >= 15 is 0 Å². The Labute approximate surface area is 111 Å². The van der Waals surface area contributed by atoms with Gasteiger partial charge in [-0.3, -0.25) is 0 Å². The summed E-state index contributed by atoms with van der Waals surface area (Å²) in [5.41, 5.74) is 1.92. The van der Waals surface area contributed by atoms with Crippen molar-refractivity contribution < 1.29 is 8.42 Å². The highest BCUT2D eigenvalue weighted by Gasteiger charge is 2.26. The number of hydrogen-bond donors (Lipinski definition) is 3. The molecule has 0 aliphatic carbocycles. The zero-order chi connectivity index (χ0) is 14.2. The molecule has 1 aromatic heterocycles. The molecule has 0 aliphatic heterocycles. The molecule has 0 spiro atoms. The third-order valence-corrected chi connectivity index (χ3v) is 4.98. The molecule has 0 fully saturated rings. The van der Waals surface area contributed by atoms with Crippen molar-refractivity contribution >= 4 is 20.9 Å². The molecule has 2 atom stereocenters. The fraction of sp³-hybridized carbons (Fsp3) is 0.417. The monoisotopic (exact) mass is 283 g/mol. The number of hydrogen-bond acceptors (Lipinski definition) is 4. The van der Waals surface area contributed by atoms with Crippen molar-refractivity contribution in [1.82, 2.24) is 15.3 Å². The van der Waals surface area contributed by atoms with Crippen LogP contribution in [0.4, 0.5) is 0 Å². The highest BCUT2D eigenvalue weighted by molar-refractivity contribution is 7.91. The molecule has 2 rings (SSSR count). The Morgan fingerprint density at radius 3 is 2.42 bits per heavy atom. The maximum Gasteiger partial charge on any atom is 0.323 e. The standard InChI is InChI=1S/C12H17N3O3S/c1-7(19(3,17)18)11(13-2)8-4-5-9-10(6-8)15-12(16)14-9/h4-7,11,13H,1-3H3,(H2,14,15,16). The first kappa shape index (κ1) is 13.8. The summed E-state index contributed by atoms with van der Waals surface area (Å²) >= 11 is 0. The summed E-state index contributed by atoms with van der Waals surface area (Å²) in [6, 6.07) is 5.05. The van der Waals surface area contributed by atoms with E-state index in [1.165, 1.54) is 6.26 Å². The Bertz CT molecular complexity index is 745. The number of imidazole rings is 1. The molecule has 0 amide bonds. The van der Waals surface area contributed by atoms with E-state index in [0.717, 1.165) is 5.56 Å². The lowest BCUT2D eigenvalue weighted by Crippen LogP contribution is -2.32. The van der Waals surface area contributed by atoms with Crippen molar-refractivity contribution in [3.05, 3.63) is 34.2 Å². The minimum absolute atomic E-state index is 0.274. The van der Waals surface area contributed by atoms with E-state index in [0.29, 0.717) is 11.0 Å². The third-order valence-electron chi connectivity index (χ3n) is 3.35. The van der Waals surface area contributed by atoms with Crippen LogP contribution < -0.4 is 11.0 Å². The minimum Gasteiger partial charge on any atom is -0.312 e. The lowest BCUT2D eigenvalue weighted by atomic mass is 10.0. The van der Waals surface area contributed by atoms with Gasteiger partial charge < -0.3 is 15.3 Å². The summed E-state index contributed by atoms with van der Waals surface area (Å²) in [4.78, 5) is 16.5. The molecule has 2 aromatic rings. The minimum atomic E-state index is -3.15. The van der Waals surface area contributed by atoms with Gasteiger partial charge in [-0.2, -0.15) is 0 Å². The van der Waals surface area contributed by atoms with Gasteiger partial charge in [0.25, 0.3) is 0 Å². The van der Waals surface area contributed by atoms with Crippen molar-refractivity contribution in [1.29, 1.82) is 0 Å². The second-order valence-corrected chi connectivity index (χ2v) is 7.09. The van der Waals surface area contributed by atoms with Crippen molar-refractivity contribution in [2.24, 2.45) is 0 Å². The molecule has 3 N–H and O–H groups in total. The first-order valence-corrected chi connectivity index (χ1v) is 7.86. The number of rotatable bonds is 4. The van der Waals surface area contributed by atoms with Crippen LogP contribution in [0.2, 0.25) is 0 Å². The van der Waals surface area contributed by atoms with Crippen molar-refractivity contribution in [3.8, 4) is 0 Å². The highest BCUT2D eigenvalue weighted by atomic mass is 32.2. The van der Waals surface area contributed by atoms with Gasteiger partial charge in [0, 0.05) is 12.3 Å². The van der Waals surface area contributed by atoms with E-state index in [4.69, 9.17) is 0 Å². The lowest BCUT2D eigenvalue weighted by molar-refractivity contribution is 0.535. The Morgan fingerprint density at radius 2 is 1.84 bits per heavy atom. The van der Waals surface area contributed by atoms with Crippen molar-refractivity contribution in [2.45, 2.75) is 18.2 Å². The van der Waals surface area contributed by atoms with Crippen LogP contribution in [0.25, 0.3) is 11.0 Å². The van der Waals surface area contributed by atoms with E-state index < -0.39 is 15.1 Å². The smallest absolute Gasteiger partial charge is 0.312 e. The third kappa shape index (κ3) is 2.71. The van der Waals surface area contributed by atoms with E-state index in [1.54, 1.807) is 26.1 Å². The molecule has 0 bridgehead atoms. The van der Waals surface area contributed by atoms with Gasteiger partial charge in [0.15, 0.2) is 9.84 Å². The fourth-order valence-corrected chi connectivity index (χ4v) is 2.95. The molecule has 0 radical (unpaired) electrons. The predicted octanol–water partition coefficient (Wildman–Crippen LogP) is 0.550. The number of benzene rings is 1. The van der Waals surface area contributed by atoms with Crippen molar-refractivity contribution in [3.63, 3.8) is 0 Å². The summed E-state index contributed by atoms with van der Waals surface area (Å²) in [6.07, 6.45) is 1.22. The number of aromatic amines is 2. The van der Waals surface area contributed by atoms with Gasteiger partial charge in [0.2, 0.25) is 0 Å². The first-order valence-electron chi connectivity index (χ1n) is 5.91. The van der Waals surface area contributed by atoms with Gasteiger partial charge in [-0.1, -0.05) is 6.07 Å². The molecular formula is C12H17N3O3S. The number of fused-ring (bicyclic) bond motifs is 1. The average molecular weight is 283 g/mol. The molecule has 0 saturated heterocycles. The highest BCUT2D eigenvalue weighted by Crippen LogP contribution is 2.23. The van der Waals surface area contributed by atoms with E-state index in [-0.39, 0.29) is 11.7 Å². The van der Waals surface area contributed by atoms with Crippen LogP contribution in [0.3, 0.4) is 0 Å². The van der Waals surface area contributed by atoms with Crippen molar-refractivity contribution in [2.75, 3.05) is 13.3 Å². The molecule has 7 heteroatoms. The Morgan fingerprint density at radius 1 is 1.21 bits per heavy atom. The van der Waals surface area contributed by atoms with Gasteiger partial charge in [-0.15, -0.1) is 0 Å². The van der Waals surface area contributed by atoms with Crippen LogP contribution in [-0.4, -0.2) is 36.9 Å². The summed E-state index contributed by atoms with van der Waals surface area (Å²) in [7, 11) is -1.43. The number of H-pyrrole nitrogens is 2. The summed E-state index contributed by atoms with van der Waals surface area (Å²) in [6.45, 7) is 1.67. The zero-order valence-corrected chi connectivity index (χ0v) is 11.8. The summed E-state index contributed by atoms with van der Waals surface area (Å²) < 4.78 is 23.3. The van der Waals surface area contributed by atoms with Crippen LogP contribution >= 0.6 is 0 Å². The molecule has 104 valence electrons. The average Bonchev–Trinajstić information content (AvgIpc) is 2.68. The Kier molecular flexibility index (Phi) is 3.51. The normalized spacial score (nSPS) is 15.5. The van der Waals surface area contributed by atoms with Crippen LogP contribution in [0.5, 0.6) is 0 Å². The summed E-state index contributed by atoms with van der Waals surface area (Å²) in [5.74, 6) is 0. The molecule has 6 nitrogen and oxygen atoms in total. The fourth-order valence-electron chi connectivity index (χ4n) is 2.16. The Balaban J connectivity index is 2.49. The van der Waals surface area contributed by atoms with Crippen LogP contribution in [0, 0.1) is 0 Å². The quantitative estimate of drug-likeness (QED) is 0.763. The first-order chi connectivity index (χ1) is 8.82. The lowest BCUT2D eigenvalue weighted by Gasteiger charge is -2.22. The van der Waals surface area contributed by atoms with Gasteiger partial charge in [0.1, 0.15) is 0 Å². The van der Waals surface area contributed by atoms with E-state index in [2.05, 4.69) is 15.3 Å². The van der Waals surface area contributed by atoms with Gasteiger partial charge in [-0.05, 0) is 31.7 Å². The molecule has 19 heavy (non-hydrogen) atoms. The van der Waals surface area contributed by atoms with Gasteiger partial charge in [0.05, 0.1) is 16.3 Å². The van der Waals surface area contributed by atoms with E-state index in [9.17, 15) is 13.2 Å². The second kappa shape index (κ2) is 4.82. The second-order valence-electron chi connectivity index (χ2n) is 4.69. The van der Waals surface area contributed by atoms with Gasteiger partial charge >= 0.3 is 5.69 Å². The van der Waals surface area contributed by atoms with Crippen LogP contribution in [0.15, 0.2) is 23.0 Å². The number of nitrogens with one attached hydrogen (secondary N) is 3. The Hall–Kier alpha value is -1.60. The van der Waals surface area contributed by atoms with Crippen LogP contribution in [-0.2, 0) is 9.84 Å². The van der Waals surface area contributed by atoms with Gasteiger partial charge in [-0.25, -0.2) is 13.2 Å². The molecule has 0 saturated carbocycles. The van der Waals surface area contributed by atoms with Crippen LogP contribution in [0.1, 0.15) is 18.5 Å². The molecule has 2 unspecified atom stereocenters. The topological polar surface area (TPSA) is 94.8 Å².